The molecule has 0 radical (unpaired) electrons. The first-order valence-electron chi connectivity index (χ1n) is 9.94. The third kappa shape index (κ3) is 3.71. The number of fused-ring (bicyclic) bond motifs is 1. The second kappa shape index (κ2) is 8.37. The highest BCUT2D eigenvalue weighted by Crippen LogP contribution is 2.44. The lowest BCUT2D eigenvalue weighted by molar-refractivity contribution is 0.305. The maximum Gasteiger partial charge on any atom is 0.142 e. The average molecular weight is 422 g/mol. The van der Waals surface area contributed by atoms with Gasteiger partial charge in [-0.15, -0.1) is 0 Å². The SMILES string of the molecule is CC1=C(C#N)c2nc(N)c(C#N)c(C)c2/C1=C\c1ccc(OCc2cccc(F)c2)cc1. The topological polar surface area (TPSA) is 95.7 Å². The van der Waals surface area contributed by atoms with Crippen molar-refractivity contribution in [1.29, 1.82) is 10.5 Å². The van der Waals surface area contributed by atoms with Crippen molar-refractivity contribution in [2.45, 2.75) is 20.5 Å². The molecule has 0 saturated carbocycles. The zero-order chi connectivity index (χ0) is 22.8. The first kappa shape index (κ1) is 20.8. The molecule has 0 aliphatic heterocycles. The van der Waals surface area contributed by atoms with Gasteiger partial charge in [-0.1, -0.05) is 24.3 Å². The van der Waals surface area contributed by atoms with Crippen LogP contribution < -0.4 is 10.5 Å². The Morgan fingerprint density at radius 3 is 2.50 bits per heavy atom. The number of nitriles is 2. The molecule has 32 heavy (non-hydrogen) atoms. The molecule has 0 fully saturated rings. The van der Waals surface area contributed by atoms with Gasteiger partial charge in [0, 0.05) is 5.56 Å². The van der Waals surface area contributed by atoms with Crippen LogP contribution in [0.2, 0.25) is 0 Å². The molecular formula is C26H19FN4O. The number of aromatic nitrogens is 1. The number of hydrogen-bond acceptors (Lipinski definition) is 5. The Hall–Kier alpha value is -4.42. The lowest BCUT2D eigenvalue weighted by Gasteiger charge is -2.11. The van der Waals surface area contributed by atoms with Gasteiger partial charge in [-0.3, -0.25) is 0 Å². The fourth-order valence-electron chi connectivity index (χ4n) is 3.82. The van der Waals surface area contributed by atoms with E-state index in [-0.39, 0.29) is 18.2 Å². The average Bonchev–Trinajstić information content (AvgIpc) is 3.04. The van der Waals surface area contributed by atoms with E-state index in [0.717, 1.165) is 27.8 Å². The summed E-state index contributed by atoms with van der Waals surface area (Å²) >= 11 is 0. The zero-order valence-corrected chi connectivity index (χ0v) is 17.6. The fourth-order valence-corrected chi connectivity index (χ4v) is 3.82. The lowest BCUT2D eigenvalue weighted by Crippen LogP contribution is -2.03. The minimum Gasteiger partial charge on any atom is -0.489 e. The van der Waals surface area contributed by atoms with E-state index >= 15 is 0 Å². The van der Waals surface area contributed by atoms with Crippen molar-refractivity contribution in [2.75, 3.05) is 5.73 Å². The summed E-state index contributed by atoms with van der Waals surface area (Å²) in [5.74, 6) is 0.493. The van der Waals surface area contributed by atoms with Gasteiger partial charge in [0.2, 0.25) is 0 Å². The molecule has 0 atom stereocenters. The largest absolute Gasteiger partial charge is 0.489 e. The van der Waals surface area contributed by atoms with Crippen LogP contribution in [-0.4, -0.2) is 4.98 Å². The van der Waals surface area contributed by atoms with Gasteiger partial charge < -0.3 is 10.5 Å². The molecular weight excluding hydrogens is 403 g/mol. The van der Waals surface area contributed by atoms with Crippen molar-refractivity contribution >= 4 is 23.0 Å². The van der Waals surface area contributed by atoms with E-state index in [1.807, 2.05) is 44.2 Å². The third-order valence-corrected chi connectivity index (χ3v) is 5.47. The predicted octanol–water partition coefficient (Wildman–Crippen LogP) is 5.41. The maximum atomic E-state index is 13.3. The molecule has 0 saturated heterocycles. The summed E-state index contributed by atoms with van der Waals surface area (Å²) in [5, 5.41) is 19.1. The zero-order valence-electron chi connectivity index (χ0n) is 17.6. The van der Waals surface area contributed by atoms with Crippen molar-refractivity contribution in [3.63, 3.8) is 0 Å². The summed E-state index contributed by atoms with van der Waals surface area (Å²) in [6, 6.07) is 18.1. The Kier molecular flexibility index (Phi) is 5.45. The van der Waals surface area contributed by atoms with E-state index < -0.39 is 0 Å². The summed E-state index contributed by atoms with van der Waals surface area (Å²) < 4.78 is 19.1. The number of ether oxygens (including phenoxy) is 1. The summed E-state index contributed by atoms with van der Waals surface area (Å²) in [6.45, 7) is 3.95. The van der Waals surface area contributed by atoms with E-state index in [1.54, 1.807) is 12.1 Å². The highest BCUT2D eigenvalue weighted by atomic mass is 19.1. The predicted molar refractivity (Wildman–Crippen MR) is 121 cm³/mol. The van der Waals surface area contributed by atoms with E-state index in [0.29, 0.717) is 28.1 Å². The van der Waals surface area contributed by atoms with E-state index in [1.165, 1.54) is 12.1 Å². The van der Waals surface area contributed by atoms with Crippen LogP contribution in [0.5, 0.6) is 5.75 Å². The number of halogens is 1. The van der Waals surface area contributed by atoms with E-state index in [4.69, 9.17) is 10.5 Å². The van der Waals surface area contributed by atoms with Gasteiger partial charge in [0.1, 0.15) is 36.1 Å². The van der Waals surface area contributed by atoms with Crippen LogP contribution in [0, 0.1) is 35.4 Å². The number of benzene rings is 2. The van der Waals surface area contributed by atoms with Gasteiger partial charge in [-0.05, 0) is 72.0 Å². The Bertz CT molecular complexity index is 1370. The van der Waals surface area contributed by atoms with Crippen molar-refractivity contribution in [3.05, 3.63) is 93.4 Å². The van der Waals surface area contributed by atoms with Gasteiger partial charge >= 0.3 is 0 Å². The number of nitrogens with zero attached hydrogens (tertiary/aromatic N) is 3. The molecule has 5 nitrogen and oxygen atoms in total. The molecule has 2 N–H and O–H groups in total. The molecule has 1 aromatic heterocycles. The minimum absolute atomic E-state index is 0.130. The molecule has 1 heterocycles. The van der Waals surface area contributed by atoms with Gasteiger partial charge in [-0.25, -0.2) is 9.37 Å². The lowest BCUT2D eigenvalue weighted by atomic mass is 9.95. The normalized spacial score (nSPS) is 13.6. The first-order chi connectivity index (χ1) is 15.4. The minimum atomic E-state index is -0.295. The van der Waals surface area contributed by atoms with Crippen molar-refractivity contribution in [2.24, 2.45) is 0 Å². The smallest absolute Gasteiger partial charge is 0.142 e. The molecule has 6 heteroatoms. The number of nitrogens with two attached hydrogens (primary N) is 1. The number of rotatable bonds is 4. The van der Waals surface area contributed by atoms with Gasteiger partial charge in [0.05, 0.1) is 16.8 Å². The van der Waals surface area contributed by atoms with Crippen molar-refractivity contribution in [1.82, 2.24) is 4.98 Å². The van der Waals surface area contributed by atoms with Crippen molar-refractivity contribution < 1.29 is 9.13 Å². The Morgan fingerprint density at radius 1 is 1.09 bits per heavy atom. The maximum absolute atomic E-state index is 13.3. The molecule has 1 aliphatic carbocycles. The summed E-state index contributed by atoms with van der Waals surface area (Å²) in [5.41, 5.74) is 12.0. The Morgan fingerprint density at radius 2 is 1.84 bits per heavy atom. The Labute approximate surface area is 185 Å². The number of nitrogen functional groups attached to an aromatic ring is 1. The van der Waals surface area contributed by atoms with Gasteiger partial charge in [0.25, 0.3) is 0 Å². The molecule has 0 unspecified atom stereocenters. The summed E-state index contributed by atoms with van der Waals surface area (Å²) in [4.78, 5) is 4.34. The molecule has 1 aliphatic rings. The van der Waals surface area contributed by atoms with Crippen LogP contribution in [0.15, 0.2) is 54.1 Å². The van der Waals surface area contributed by atoms with E-state index in [2.05, 4.69) is 17.1 Å². The van der Waals surface area contributed by atoms with Gasteiger partial charge in [-0.2, -0.15) is 10.5 Å². The molecule has 0 bridgehead atoms. The molecule has 4 rings (SSSR count). The summed E-state index contributed by atoms with van der Waals surface area (Å²) in [6.07, 6.45) is 1.96. The van der Waals surface area contributed by atoms with Crippen LogP contribution >= 0.6 is 0 Å². The number of pyridine rings is 1. The fraction of sp³-hybridized carbons (Fsp3) is 0.115. The molecule has 156 valence electrons. The summed E-state index contributed by atoms with van der Waals surface area (Å²) in [7, 11) is 0. The number of allylic oxidation sites excluding steroid dienone is 3. The third-order valence-electron chi connectivity index (χ3n) is 5.47. The number of hydrogen-bond donors (Lipinski definition) is 1. The molecule has 0 spiro atoms. The van der Waals surface area contributed by atoms with Crippen LogP contribution in [0.25, 0.3) is 17.2 Å². The Balaban J connectivity index is 1.65. The highest BCUT2D eigenvalue weighted by Gasteiger charge is 2.29. The highest BCUT2D eigenvalue weighted by molar-refractivity contribution is 6.08. The quantitative estimate of drug-likeness (QED) is 0.606. The van der Waals surface area contributed by atoms with Crippen LogP contribution in [0.3, 0.4) is 0 Å². The van der Waals surface area contributed by atoms with Crippen LogP contribution in [0.4, 0.5) is 10.2 Å². The van der Waals surface area contributed by atoms with Crippen molar-refractivity contribution in [3.8, 4) is 17.9 Å². The van der Waals surface area contributed by atoms with Crippen LogP contribution in [0.1, 0.15) is 40.4 Å². The number of anilines is 1. The standard InChI is InChI=1S/C26H19FN4O/c1-15-21(24-16(2)23(13-29)26(30)31-25(24)22(15)12-28)11-17-6-8-20(9-7-17)32-14-18-4-3-5-19(27)10-18/h3-11H,14H2,1-2H3,(H2,30,31)/b21-11-. The second-order valence-corrected chi connectivity index (χ2v) is 7.49. The molecule has 0 amide bonds. The van der Waals surface area contributed by atoms with Crippen LogP contribution in [-0.2, 0) is 6.61 Å². The van der Waals surface area contributed by atoms with E-state index in [9.17, 15) is 14.9 Å². The monoisotopic (exact) mass is 422 g/mol. The first-order valence-corrected chi connectivity index (χ1v) is 9.94. The van der Waals surface area contributed by atoms with Gasteiger partial charge in [0.15, 0.2) is 0 Å². The second-order valence-electron chi connectivity index (χ2n) is 7.49. The molecule has 2 aromatic carbocycles. The molecule has 3 aromatic rings.